The highest BCUT2D eigenvalue weighted by Crippen LogP contribution is 2.38. The first-order valence-electron chi connectivity index (χ1n) is 6.66. The van der Waals surface area contributed by atoms with Crippen LogP contribution in [0.2, 0.25) is 0 Å². The third-order valence-corrected chi connectivity index (χ3v) is 5.65. The van der Waals surface area contributed by atoms with E-state index >= 15 is 0 Å². The normalized spacial score (nSPS) is 12.7. The van der Waals surface area contributed by atoms with Crippen LogP contribution < -0.4 is 16.4 Å². The van der Waals surface area contributed by atoms with Crippen molar-refractivity contribution in [2.24, 2.45) is 5.73 Å². The van der Waals surface area contributed by atoms with E-state index in [-0.39, 0.29) is 11.0 Å². The lowest BCUT2D eigenvalue weighted by molar-refractivity contribution is 0.0979. The van der Waals surface area contributed by atoms with Gasteiger partial charge in [0, 0.05) is 4.88 Å². The maximum Gasteiger partial charge on any atom is 0.267 e. The number of hydrogen-bond donors (Lipinski definition) is 3. The molecule has 0 bridgehead atoms. The first-order chi connectivity index (χ1) is 10.6. The molecule has 0 aliphatic heterocycles. The Morgan fingerprint density at radius 1 is 1.32 bits per heavy atom. The van der Waals surface area contributed by atoms with Gasteiger partial charge in [0.25, 0.3) is 11.8 Å². The Morgan fingerprint density at radius 2 is 2.14 bits per heavy atom. The average molecular weight is 351 g/mol. The van der Waals surface area contributed by atoms with E-state index in [1.807, 2.05) is 5.38 Å². The fourth-order valence-electron chi connectivity index (χ4n) is 2.46. The summed E-state index contributed by atoms with van der Waals surface area (Å²) in [7, 11) is 0. The predicted molar refractivity (Wildman–Crippen MR) is 92.9 cm³/mol. The molecule has 2 amide bonds. The SMILES string of the molecule is NC(=O)c1c(NC(=S)NC(=O)c2cccs2)sc2c1CCC2. The zero-order valence-corrected chi connectivity index (χ0v) is 13.9. The van der Waals surface area contributed by atoms with Crippen molar-refractivity contribution in [1.82, 2.24) is 5.32 Å². The van der Waals surface area contributed by atoms with Crippen LogP contribution in [0.3, 0.4) is 0 Å². The molecule has 8 heteroatoms. The van der Waals surface area contributed by atoms with Crippen LogP contribution in [0.1, 0.15) is 36.9 Å². The summed E-state index contributed by atoms with van der Waals surface area (Å²) < 4.78 is 0. The molecule has 0 spiro atoms. The summed E-state index contributed by atoms with van der Waals surface area (Å²) in [5, 5.41) is 8.15. The minimum atomic E-state index is -0.464. The van der Waals surface area contributed by atoms with Crippen LogP contribution in [0.4, 0.5) is 5.00 Å². The summed E-state index contributed by atoms with van der Waals surface area (Å²) >= 11 is 7.97. The molecule has 1 aliphatic rings. The molecule has 0 aromatic carbocycles. The number of anilines is 1. The smallest absolute Gasteiger partial charge is 0.267 e. The Morgan fingerprint density at radius 3 is 2.82 bits per heavy atom. The quantitative estimate of drug-likeness (QED) is 0.742. The van der Waals surface area contributed by atoms with Crippen LogP contribution in [0.25, 0.3) is 0 Å². The van der Waals surface area contributed by atoms with E-state index in [4.69, 9.17) is 18.0 Å². The topological polar surface area (TPSA) is 84.2 Å². The van der Waals surface area contributed by atoms with Gasteiger partial charge >= 0.3 is 0 Å². The van der Waals surface area contributed by atoms with Crippen LogP contribution >= 0.6 is 34.9 Å². The summed E-state index contributed by atoms with van der Waals surface area (Å²) in [5.74, 6) is -0.730. The van der Waals surface area contributed by atoms with Gasteiger partial charge in [-0.3, -0.25) is 14.9 Å². The second-order valence-corrected chi connectivity index (χ2v) is 7.27. The molecule has 5 nitrogen and oxygen atoms in total. The van der Waals surface area contributed by atoms with Crippen molar-refractivity contribution < 1.29 is 9.59 Å². The fraction of sp³-hybridized carbons (Fsp3) is 0.214. The molecule has 3 rings (SSSR count). The Balaban J connectivity index is 1.75. The number of thiocarbonyl (C=S) groups is 1. The zero-order chi connectivity index (χ0) is 15.7. The summed E-state index contributed by atoms with van der Waals surface area (Å²) in [6.45, 7) is 0. The lowest BCUT2D eigenvalue weighted by Gasteiger charge is -2.09. The number of thiophene rings is 2. The van der Waals surface area contributed by atoms with Crippen molar-refractivity contribution in [3.8, 4) is 0 Å². The Kier molecular flexibility index (Phi) is 4.23. The number of rotatable bonds is 3. The van der Waals surface area contributed by atoms with Crippen LogP contribution in [0, 0.1) is 0 Å². The first-order valence-corrected chi connectivity index (χ1v) is 8.77. The highest BCUT2D eigenvalue weighted by molar-refractivity contribution is 7.80. The van der Waals surface area contributed by atoms with Gasteiger partial charge in [0.05, 0.1) is 10.4 Å². The number of amides is 2. The van der Waals surface area contributed by atoms with E-state index in [9.17, 15) is 9.59 Å². The van der Waals surface area contributed by atoms with Gasteiger partial charge in [0.1, 0.15) is 5.00 Å². The predicted octanol–water partition coefficient (Wildman–Crippen LogP) is 2.52. The molecule has 2 aromatic rings. The van der Waals surface area contributed by atoms with E-state index in [0.29, 0.717) is 15.4 Å². The molecule has 1 aliphatic carbocycles. The van der Waals surface area contributed by atoms with Crippen molar-refractivity contribution in [3.05, 3.63) is 38.4 Å². The lowest BCUT2D eigenvalue weighted by Crippen LogP contribution is -2.34. The van der Waals surface area contributed by atoms with Gasteiger partial charge in [0.15, 0.2) is 5.11 Å². The van der Waals surface area contributed by atoms with Gasteiger partial charge in [-0.25, -0.2) is 0 Å². The van der Waals surface area contributed by atoms with Gasteiger partial charge < -0.3 is 11.1 Å². The number of hydrogen-bond acceptors (Lipinski definition) is 5. The van der Waals surface area contributed by atoms with Crippen molar-refractivity contribution in [2.45, 2.75) is 19.3 Å². The lowest BCUT2D eigenvalue weighted by atomic mass is 10.1. The van der Waals surface area contributed by atoms with Crippen molar-refractivity contribution in [2.75, 3.05) is 5.32 Å². The standard InChI is InChI=1S/C14H13N3O2S3/c15-11(18)10-7-3-1-4-8(7)22-13(10)17-14(20)16-12(19)9-5-2-6-21-9/h2,5-6H,1,3-4H2,(H2,15,18)(H2,16,17,19,20). The second-order valence-electron chi connectivity index (χ2n) is 4.81. The highest BCUT2D eigenvalue weighted by Gasteiger charge is 2.25. The van der Waals surface area contributed by atoms with E-state index < -0.39 is 5.91 Å². The minimum absolute atomic E-state index is 0.167. The largest absolute Gasteiger partial charge is 0.365 e. The van der Waals surface area contributed by atoms with Gasteiger partial charge in [0.2, 0.25) is 0 Å². The molecule has 0 radical (unpaired) electrons. The highest BCUT2D eigenvalue weighted by atomic mass is 32.1. The molecule has 2 heterocycles. The number of primary amides is 1. The molecular formula is C14H13N3O2S3. The number of fused-ring (bicyclic) bond motifs is 1. The number of nitrogens with one attached hydrogen (secondary N) is 2. The van der Waals surface area contributed by atoms with Crippen LogP contribution in [-0.4, -0.2) is 16.9 Å². The van der Waals surface area contributed by atoms with E-state index in [2.05, 4.69) is 10.6 Å². The number of nitrogens with two attached hydrogens (primary N) is 1. The van der Waals surface area contributed by atoms with E-state index in [1.54, 1.807) is 12.1 Å². The second kappa shape index (κ2) is 6.15. The Labute approximate surface area is 140 Å². The summed E-state index contributed by atoms with van der Waals surface area (Å²) in [6.07, 6.45) is 2.86. The molecule has 22 heavy (non-hydrogen) atoms. The number of carbonyl (C=O) groups excluding carboxylic acids is 2. The number of aryl methyl sites for hydroxylation is 1. The minimum Gasteiger partial charge on any atom is -0.365 e. The van der Waals surface area contributed by atoms with Crippen molar-refractivity contribution in [1.29, 1.82) is 0 Å². The zero-order valence-electron chi connectivity index (χ0n) is 11.5. The molecule has 0 unspecified atom stereocenters. The fourth-order valence-corrected chi connectivity index (χ4v) is 4.64. The van der Waals surface area contributed by atoms with E-state index in [1.165, 1.54) is 27.6 Å². The van der Waals surface area contributed by atoms with Gasteiger partial charge in [-0.1, -0.05) is 6.07 Å². The van der Waals surface area contributed by atoms with Gasteiger partial charge in [-0.05, 0) is 48.5 Å². The molecule has 4 N–H and O–H groups in total. The monoisotopic (exact) mass is 351 g/mol. The average Bonchev–Trinajstić information content (AvgIpc) is 3.13. The van der Waals surface area contributed by atoms with Crippen molar-refractivity contribution in [3.63, 3.8) is 0 Å². The maximum atomic E-state index is 11.9. The third-order valence-electron chi connectivity index (χ3n) is 3.37. The molecule has 0 saturated heterocycles. The maximum absolute atomic E-state index is 11.9. The molecule has 2 aromatic heterocycles. The Hall–Kier alpha value is -1.77. The number of carbonyl (C=O) groups is 2. The molecule has 0 fully saturated rings. The summed E-state index contributed by atoms with van der Waals surface area (Å²) in [4.78, 5) is 25.4. The summed E-state index contributed by atoms with van der Waals surface area (Å²) in [6, 6.07) is 3.52. The van der Waals surface area contributed by atoms with Crippen LogP contribution in [0.5, 0.6) is 0 Å². The molecule has 114 valence electrons. The molecule has 0 saturated carbocycles. The van der Waals surface area contributed by atoms with Gasteiger partial charge in [-0.15, -0.1) is 22.7 Å². The van der Waals surface area contributed by atoms with E-state index in [0.717, 1.165) is 24.8 Å². The van der Waals surface area contributed by atoms with Crippen LogP contribution in [-0.2, 0) is 12.8 Å². The van der Waals surface area contributed by atoms with Gasteiger partial charge in [-0.2, -0.15) is 0 Å². The Bertz CT molecular complexity index is 750. The summed E-state index contributed by atoms with van der Waals surface area (Å²) in [5.41, 5.74) is 7.01. The van der Waals surface area contributed by atoms with Crippen LogP contribution in [0.15, 0.2) is 17.5 Å². The first kappa shape index (κ1) is 15.1. The van der Waals surface area contributed by atoms with Crippen molar-refractivity contribution >= 4 is 56.8 Å². The third kappa shape index (κ3) is 2.90. The molecule has 0 atom stereocenters. The molecular weight excluding hydrogens is 338 g/mol.